The highest BCUT2D eigenvalue weighted by Gasteiger charge is 2.06. The van der Waals surface area contributed by atoms with E-state index in [4.69, 9.17) is 0 Å². The molecule has 1 aromatic carbocycles. The van der Waals surface area contributed by atoms with Crippen molar-refractivity contribution in [1.82, 2.24) is 4.98 Å². The van der Waals surface area contributed by atoms with Gasteiger partial charge in [0.05, 0.1) is 10.6 Å². The highest BCUT2D eigenvalue weighted by atomic mass is 32.1. The molecule has 2 heterocycles. The van der Waals surface area contributed by atoms with Crippen LogP contribution in [-0.2, 0) is 0 Å². The topological polar surface area (TPSA) is 30.0 Å². The molecule has 22 heavy (non-hydrogen) atoms. The third-order valence-corrected chi connectivity index (χ3v) is 5.35. The van der Waals surface area contributed by atoms with Crippen molar-refractivity contribution in [1.29, 1.82) is 0 Å². The number of carbonyl (C=O) groups is 1. The number of allylic oxidation sites excluding steroid dienone is 1. The fourth-order valence-electron chi connectivity index (χ4n) is 2.03. The summed E-state index contributed by atoms with van der Waals surface area (Å²) in [6, 6.07) is 9.85. The van der Waals surface area contributed by atoms with Gasteiger partial charge in [0.25, 0.3) is 0 Å². The van der Waals surface area contributed by atoms with Gasteiger partial charge in [-0.1, -0.05) is 18.2 Å². The molecular formula is C18H15NOS2. The van der Waals surface area contributed by atoms with Gasteiger partial charge in [-0.2, -0.15) is 0 Å². The largest absolute Gasteiger partial charge is 0.289 e. The van der Waals surface area contributed by atoms with Crippen LogP contribution in [0, 0.1) is 13.8 Å². The molecule has 0 aliphatic carbocycles. The average molecular weight is 325 g/mol. The van der Waals surface area contributed by atoms with Gasteiger partial charge >= 0.3 is 0 Å². The highest BCUT2D eigenvalue weighted by Crippen LogP contribution is 2.28. The van der Waals surface area contributed by atoms with Gasteiger partial charge in [0.1, 0.15) is 5.01 Å². The van der Waals surface area contributed by atoms with Crippen LogP contribution >= 0.6 is 22.7 Å². The fourth-order valence-corrected chi connectivity index (χ4v) is 3.63. The summed E-state index contributed by atoms with van der Waals surface area (Å²) >= 11 is 3.27. The zero-order chi connectivity index (χ0) is 15.5. The number of aryl methyl sites for hydroxylation is 2. The molecule has 0 aliphatic rings. The van der Waals surface area contributed by atoms with E-state index in [9.17, 15) is 4.79 Å². The summed E-state index contributed by atoms with van der Waals surface area (Å²) in [5.74, 6) is 0.00812. The van der Waals surface area contributed by atoms with E-state index in [0.29, 0.717) is 5.56 Å². The quantitative estimate of drug-likeness (QED) is 0.476. The van der Waals surface area contributed by atoms with E-state index >= 15 is 0 Å². The molecule has 0 radical (unpaired) electrons. The number of ketones is 1. The fraction of sp³-hybridized carbons (Fsp3) is 0.111. The lowest BCUT2D eigenvalue weighted by atomic mass is 10.0. The van der Waals surface area contributed by atoms with E-state index in [1.807, 2.05) is 48.9 Å². The number of carbonyl (C=O) groups excluding carboxylic acids is 1. The summed E-state index contributed by atoms with van der Waals surface area (Å²) in [5, 5.41) is 5.00. The van der Waals surface area contributed by atoms with Gasteiger partial charge in [-0.3, -0.25) is 4.79 Å². The Morgan fingerprint density at radius 1 is 1.14 bits per heavy atom. The Morgan fingerprint density at radius 2 is 2.00 bits per heavy atom. The molecule has 0 fully saturated rings. The molecule has 3 aromatic rings. The smallest absolute Gasteiger partial charge is 0.185 e. The van der Waals surface area contributed by atoms with E-state index in [0.717, 1.165) is 21.1 Å². The Bertz CT molecular complexity index is 829. The Balaban J connectivity index is 1.76. The molecule has 0 spiro atoms. The molecule has 4 heteroatoms. The van der Waals surface area contributed by atoms with Crippen LogP contribution in [-0.4, -0.2) is 10.8 Å². The number of rotatable bonds is 4. The number of hydrogen-bond donors (Lipinski definition) is 0. The maximum Gasteiger partial charge on any atom is 0.185 e. The standard InChI is InChI=1S/C18H15NOS2/c1-12-5-6-14(10-13(12)2)16(20)8-7-15-11-22-18(19-15)17-4-3-9-21-17/h3-11H,1-2H3. The molecule has 0 amide bonds. The Morgan fingerprint density at radius 3 is 2.73 bits per heavy atom. The Labute approximate surface area is 137 Å². The Hall–Kier alpha value is -2.04. The van der Waals surface area contributed by atoms with Crippen LogP contribution in [0.4, 0.5) is 0 Å². The molecule has 3 rings (SSSR count). The van der Waals surface area contributed by atoms with Crippen LogP contribution in [0.1, 0.15) is 27.2 Å². The normalized spacial score (nSPS) is 11.2. The SMILES string of the molecule is Cc1ccc(C(=O)C=Cc2csc(-c3cccs3)n2)cc1C. The van der Waals surface area contributed by atoms with Gasteiger partial charge in [-0.05, 0) is 54.6 Å². The second-order valence-corrected chi connectivity index (χ2v) is 6.86. The van der Waals surface area contributed by atoms with Crippen molar-refractivity contribution >= 4 is 34.5 Å². The van der Waals surface area contributed by atoms with Crippen LogP contribution in [0.15, 0.2) is 47.2 Å². The molecule has 110 valence electrons. The number of nitrogens with zero attached hydrogens (tertiary/aromatic N) is 1. The van der Waals surface area contributed by atoms with Crippen LogP contribution in [0.2, 0.25) is 0 Å². The summed E-state index contributed by atoms with van der Waals surface area (Å²) in [5.41, 5.74) is 3.87. The first-order valence-corrected chi connectivity index (χ1v) is 8.68. The third-order valence-electron chi connectivity index (χ3n) is 3.45. The van der Waals surface area contributed by atoms with Crippen LogP contribution in [0.25, 0.3) is 16.0 Å². The second-order valence-electron chi connectivity index (χ2n) is 5.05. The lowest BCUT2D eigenvalue weighted by Crippen LogP contribution is -1.95. The zero-order valence-electron chi connectivity index (χ0n) is 12.4. The molecule has 0 bridgehead atoms. The molecule has 2 nitrogen and oxygen atoms in total. The lowest BCUT2D eigenvalue weighted by Gasteiger charge is -2.01. The predicted molar refractivity (Wildman–Crippen MR) is 94.7 cm³/mol. The lowest BCUT2D eigenvalue weighted by molar-refractivity contribution is 0.104. The van der Waals surface area contributed by atoms with E-state index in [-0.39, 0.29) is 5.78 Å². The minimum Gasteiger partial charge on any atom is -0.289 e. The van der Waals surface area contributed by atoms with E-state index < -0.39 is 0 Å². The van der Waals surface area contributed by atoms with Gasteiger partial charge in [0, 0.05) is 10.9 Å². The van der Waals surface area contributed by atoms with Gasteiger partial charge in [-0.15, -0.1) is 22.7 Å². The van der Waals surface area contributed by atoms with Gasteiger partial charge in [0.2, 0.25) is 0 Å². The van der Waals surface area contributed by atoms with Gasteiger partial charge in [-0.25, -0.2) is 4.98 Å². The molecular weight excluding hydrogens is 310 g/mol. The summed E-state index contributed by atoms with van der Waals surface area (Å²) < 4.78 is 0. The molecule has 2 aromatic heterocycles. The molecule has 0 N–H and O–H groups in total. The molecule has 0 saturated heterocycles. The second kappa shape index (κ2) is 6.38. The molecule has 0 aliphatic heterocycles. The number of thiazole rings is 1. The summed E-state index contributed by atoms with van der Waals surface area (Å²) in [4.78, 5) is 17.9. The first-order valence-electron chi connectivity index (χ1n) is 6.92. The maximum absolute atomic E-state index is 12.2. The van der Waals surface area contributed by atoms with Crippen LogP contribution in [0.3, 0.4) is 0 Å². The first-order chi connectivity index (χ1) is 10.6. The number of hydrogen-bond acceptors (Lipinski definition) is 4. The number of aromatic nitrogens is 1. The third kappa shape index (κ3) is 3.24. The minimum absolute atomic E-state index is 0.00812. The van der Waals surface area contributed by atoms with E-state index in [1.54, 1.807) is 34.8 Å². The van der Waals surface area contributed by atoms with Crippen molar-refractivity contribution in [3.63, 3.8) is 0 Å². The number of benzene rings is 1. The van der Waals surface area contributed by atoms with Crippen molar-refractivity contribution in [3.8, 4) is 9.88 Å². The van der Waals surface area contributed by atoms with Crippen molar-refractivity contribution < 1.29 is 4.79 Å². The average Bonchev–Trinajstić information content (AvgIpc) is 3.18. The van der Waals surface area contributed by atoms with Crippen molar-refractivity contribution in [2.45, 2.75) is 13.8 Å². The summed E-state index contributed by atoms with van der Waals surface area (Å²) in [6.45, 7) is 4.06. The maximum atomic E-state index is 12.2. The zero-order valence-corrected chi connectivity index (χ0v) is 14.0. The molecule has 0 saturated carbocycles. The number of thiophene rings is 1. The van der Waals surface area contributed by atoms with Crippen LogP contribution in [0.5, 0.6) is 0 Å². The highest BCUT2D eigenvalue weighted by molar-refractivity contribution is 7.20. The summed E-state index contributed by atoms with van der Waals surface area (Å²) in [7, 11) is 0. The molecule has 0 atom stereocenters. The minimum atomic E-state index is 0.00812. The van der Waals surface area contributed by atoms with Crippen molar-refractivity contribution in [2.75, 3.05) is 0 Å². The van der Waals surface area contributed by atoms with Crippen LogP contribution < -0.4 is 0 Å². The van der Waals surface area contributed by atoms with Gasteiger partial charge in [0.15, 0.2) is 5.78 Å². The Kier molecular flexibility index (Phi) is 4.32. The van der Waals surface area contributed by atoms with Crippen molar-refractivity contribution in [3.05, 3.63) is 69.6 Å². The van der Waals surface area contributed by atoms with Crippen molar-refractivity contribution in [2.24, 2.45) is 0 Å². The van der Waals surface area contributed by atoms with E-state index in [2.05, 4.69) is 11.1 Å². The van der Waals surface area contributed by atoms with E-state index in [1.165, 1.54) is 5.56 Å². The predicted octanol–water partition coefficient (Wildman–Crippen LogP) is 5.38. The monoisotopic (exact) mass is 325 g/mol. The first kappa shape index (κ1) is 14.9. The molecule has 0 unspecified atom stereocenters. The van der Waals surface area contributed by atoms with Gasteiger partial charge < -0.3 is 0 Å². The summed E-state index contributed by atoms with van der Waals surface area (Å²) in [6.07, 6.45) is 3.38.